The third-order valence-electron chi connectivity index (χ3n) is 3.49. The van der Waals surface area contributed by atoms with E-state index >= 15 is 0 Å². The standard InChI is InChI=1S/C19H17N3O3/c1-13(23)14-3-5-16(6-4-14)21-19(25)15(11-20)12-22(2)17-7-9-18(24)10-8-17/h3-10,12,24H,1-2H3,(H,21,25)/b15-12-. The zero-order valence-corrected chi connectivity index (χ0v) is 13.9. The lowest BCUT2D eigenvalue weighted by molar-refractivity contribution is -0.112. The molecule has 0 unspecified atom stereocenters. The van der Waals surface area contributed by atoms with E-state index in [-0.39, 0.29) is 17.1 Å². The number of phenols is 1. The number of hydrogen-bond donors (Lipinski definition) is 2. The summed E-state index contributed by atoms with van der Waals surface area (Å²) in [5, 5.41) is 21.2. The molecule has 0 bridgehead atoms. The second kappa shape index (κ2) is 7.79. The summed E-state index contributed by atoms with van der Waals surface area (Å²) in [5.74, 6) is -0.483. The molecule has 126 valence electrons. The number of hydrogen-bond acceptors (Lipinski definition) is 5. The Morgan fingerprint density at radius 2 is 1.72 bits per heavy atom. The van der Waals surface area contributed by atoms with Gasteiger partial charge in [0.1, 0.15) is 17.4 Å². The first-order chi connectivity index (χ1) is 11.9. The van der Waals surface area contributed by atoms with Gasteiger partial charge in [0, 0.05) is 30.2 Å². The van der Waals surface area contributed by atoms with Crippen LogP contribution in [0, 0.1) is 11.3 Å². The first kappa shape index (κ1) is 17.8. The van der Waals surface area contributed by atoms with E-state index in [0.717, 1.165) is 0 Å². The number of anilines is 2. The van der Waals surface area contributed by atoms with Crippen LogP contribution in [0.15, 0.2) is 60.3 Å². The number of amides is 1. The van der Waals surface area contributed by atoms with E-state index in [1.807, 2.05) is 6.07 Å². The van der Waals surface area contributed by atoms with E-state index in [0.29, 0.717) is 16.9 Å². The van der Waals surface area contributed by atoms with E-state index in [9.17, 15) is 20.0 Å². The Morgan fingerprint density at radius 3 is 2.24 bits per heavy atom. The summed E-state index contributed by atoms with van der Waals surface area (Å²) in [7, 11) is 1.69. The highest BCUT2D eigenvalue weighted by Gasteiger charge is 2.11. The summed E-state index contributed by atoms with van der Waals surface area (Å²) < 4.78 is 0. The van der Waals surface area contributed by atoms with Gasteiger partial charge >= 0.3 is 0 Å². The molecule has 25 heavy (non-hydrogen) atoms. The monoisotopic (exact) mass is 335 g/mol. The van der Waals surface area contributed by atoms with E-state index in [1.54, 1.807) is 48.3 Å². The molecule has 0 spiro atoms. The van der Waals surface area contributed by atoms with Gasteiger partial charge in [-0.3, -0.25) is 9.59 Å². The Hall–Kier alpha value is -3.59. The van der Waals surface area contributed by atoms with Crippen molar-refractivity contribution >= 4 is 23.1 Å². The molecule has 2 aromatic carbocycles. The van der Waals surface area contributed by atoms with Crippen LogP contribution >= 0.6 is 0 Å². The van der Waals surface area contributed by atoms with Crippen molar-refractivity contribution in [3.63, 3.8) is 0 Å². The maximum Gasteiger partial charge on any atom is 0.267 e. The molecule has 2 rings (SSSR count). The molecular formula is C19H17N3O3. The second-order valence-electron chi connectivity index (χ2n) is 5.37. The largest absolute Gasteiger partial charge is 0.508 e. The fraction of sp³-hybridized carbons (Fsp3) is 0.105. The molecule has 1 amide bonds. The molecule has 0 radical (unpaired) electrons. The van der Waals surface area contributed by atoms with Crippen LogP contribution in [0.3, 0.4) is 0 Å². The second-order valence-corrected chi connectivity index (χ2v) is 5.37. The minimum absolute atomic E-state index is 0.0639. The highest BCUT2D eigenvalue weighted by atomic mass is 16.3. The van der Waals surface area contributed by atoms with Crippen LogP contribution in [0.4, 0.5) is 11.4 Å². The van der Waals surface area contributed by atoms with Crippen molar-refractivity contribution in [3.8, 4) is 11.8 Å². The average molecular weight is 335 g/mol. The van der Waals surface area contributed by atoms with Gasteiger partial charge in [-0.15, -0.1) is 0 Å². The van der Waals surface area contributed by atoms with Crippen LogP contribution in [0.5, 0.6) is 5.75 Å². The molecule has 0 aliphatic carbocycles. The van der Waals surface area contributed by atoms with E-state index in [2.05, 4.69) is 5.32 Å². The number of rotatable bonds is 5. The third kappa shape index (κ3) is 4.69. The minimum Gasteiger partial charge on any atom is -0.508 e. The highest BCUT2D eigenvalue weighted by Crippen LogP contribution is 2.18. The lowest BCUT2D eigenvalue weighted by Crippen LogP contribution is -2.17. The van der Waals surface area contributed by atoms with Crippen molar-refractivity contribution in [2.75, 3.05) is 17.3 Å². The van der Waals surface area contributed by atoms with Crippen LogP contribution in [0.1, 0.15) is 17.3 Å². The zero-order chi connectivity index (χ0) is 18.4. The number of Topliss-reactive ketones (excluding diaryl/α,β-unsaturated/α-hetero) is 1. The summed E-state index contributed by atoms with van der Waals surface area (Å²) >= 11 is 0. The van der Waals surface area contributed by atoms with Gasteiger partial charge in [-0.25, -0.2) is 0 Å². The highest BCUT2D eigenvalue weighted by molar-refractivity contribution is 6.07. The third-order valence-corrected chi connectivity index (χ3v) is 3.49. The summed E-state index contributed by atoms with van der Waals surface area (Å²) in [5.41, 5.74) is 1.67. The summed E-state index contributed by atoms with van der Waals surface area (Å²) in [6.07, 6.45) is 1.41. The molecule has 0 aliphatic heterocycles. The topological polar surface area (TPSA) is 93.4 Å². The SMILES string of the molecule is CC(=O)c1ccc(NC(=O)/C(C#N)=C\N(C)c2ccc(O)cc2)cc1. The lowest BCUT2D eigenvalue weighted by atomic mass is 10.1. The Labute approximate surface area is 145 Å². The number of carbonyl (C=O) groups excluding carboxylic acids is 2. The molecule has 6 heteroatoms. The Morgan fingerprint density at radius 1 is 1.12 bits per heavy atom. The minimum atomic E-state index is -0.552. The molecule has 0 saturated heterocycles. The molecule has 0 heterocycles. The van der Waals surface area contributed by atoms with Crippen molar-refractivity contribution in [2.45, 2.75) is 6.92 Å². The van der Waals surface area contributed by atoms with E-state index in [4.69, 9.17) is 0 Å². The van der Waals surface area contributed by atoms with Gasteiger partial charge in [0.25, 0.3) is 5.91 Å². The summed E-state index contributed by atoms with van der Waals surface area (Å²) in [6, 6.07) is 14.7. The van der Waals surface area contributed by atoms with Crippen LogP contribution in [-0.2, 0) is 4.79 Å². The van der Waals surface area contributed by atoms with Crippen molar-refractivity contribution in [3.05, 3.63) is 65.9 Å². The summed E-state index contributed by atoms with van der Waals surface area (Å²) in [6.45, 7) is 1.46. The van der Waals surface area contributed by atoms with Crippen LogP contribution in [-0.4, -0.2) is 23.8 Å². The molecule has 6 nitrogen and oxygen atoms in total. The van der Waals surface area contributed by atoms with Crippen molar-refractivity contribution in [1.29, 1.82) is 5.26 Å². The quantitative estimate of drug-likeness (QED) is 0.497. The fourth-order valence-electron chi connectivity index (χ4n) is 2.08. The Kier molecular flexibility index (Phi) is 5.54. The number of carbonyl (C=O) groups is 2. The fourth-order valence-corrected chi connectivity index (χ4v) is 2.08. The summed E-state index contributed by atoms with van der Waals surface area (Å²) in [4.78, 5) is 25.1. The number of benzene rings is 2. The first-order valence-electron chi connectivity index (χ1n) is 7.47. The van der Waals surface area contributed by atoms with E-state index < -0.39 is 5.91 Å². The van der Waals surface area contributed by atoms with Crippen molar-refractivity contribution in [1.82, 2.24) is 0 Å². The number of phenolic OH excluding ortho intramolecular Hbond substituents is 1. The molecule has 2 N–H and O–H groups in total. The number of ketones is 1. The van der Waals surface area contributed by atoms with Gasteiger partial charge in [0.2, 0.25) is 0 Å². The number of aromatic hydroxyl groups is 1. The molecular weight excluding hydrogens is 318 g/mol. The molecule has 0 saturated carbocycles. The maximum atomic E-state index is 12.2. The zero-order valence-electron chi connectivity index (χ0n) is 13.9. The maximum absolute atomic E-state index is 12.2. The van der Waals surface area contributed by atoms with E-state index in [1.165, 1.54) is 25.3 Å². The van der Waals surface area contributed by atoms with Gasteiger partial charge in [-0.05, 0) is 55.5 Å². The predicted octanol–water partition coefficient (Wildman–Crippen LogP) is 3.08. The van der Waals surface area contributed by atoms with Gasteiger partial charge in [-0.1, -0.05) is 0 Å². The molecule has 2 aromatic rings. The Balaban J connectivity index is 2.13. The molecule has 0 aromatic heterocycles. The number of nitrogens with one attached hydrogen (secondary N) is 1. The van der Waals surface area contributed by atoms with Crippen molar-refractivity contribution < 1.29 is 14.7 Å². The van der Waals surface area contributed by atoms with Crippen LogP contribution < -0.4 is 10.2 Å². The first-order valence-corrected chi connectivity index (χ1v) is 7.47. The Bertz CT molecular complexity index is 847. The lowest BCUT2D eigenvalue weighted by Gasteiger charge is -2.15. The van der Waals surface area contributed by atoms with Crippen LogP contribution in [0.25, 0.3) is 0 Å². The molecule has 0 fully saturated rings. The molecule has 0 aliphatic rings. The van der Waals surface area contributed by atoms with Gasteiger partial charge in [-0.2, -0.15) is 5.26 Å². The number of nitriles is 1. The molecule has 0 atom stereocenters. The van der Waals surface area contributed by atoms with Gasteiger partial charge in [0.15, 0.2) is 5.78 Å². The van der Waals surface area contributed by atoms with Gasteiger partial charge < -0.3 is 15.3 Å². The smallest absolute Gasteiger partial charge is 0.267 e. The predicted molar refractivity (Wildman–Crippen MR) is 95.3 cm³/mol. The normalized spacial score (nSPS) is 10.7. The van der Waals surface area contributed by atoms with Gasteiger partial charge in [0.05, 0.1) is 0 Å². The average Bonchev–Trinajstić information content (AvgIpc) is 2.60. The van der Waals surface area contributed by atoms with Crippen molar-refractivity contribution in [2.24, 2.45) is 0 Å². The van der Waals surface area contributed by atoms with Crippen LogP contribution in [0.2, 0.25) is 0 Å². The number of nitrogens with zero attached hydrogens (tertiary/aromatic N) is 2.